The van der Waals surface area contributed by atoms with E-state index in [0.717, 1.165) is 0 Å². The number of hydrogen-bond donors (Lipinski definition) is 0. The van der Waals surface area contributed by atoms with Crippen LogP contribution in [0.4, 0.5) is 0 Å². The number of thiophene rings is 1. The van der Waals surface area contributed by atoms with Crippen molar-refractivity contribution in [3.8, 4) is 11.4 Å². The van der Waals surface area contributed by atoms with E-state index in [1.54, 1.807) is 0 Å². The molecule has 0 amide bonds. The molecule has 0 fully saturated rings. The molecule has 0 aliphatic rings. The van der Waals surface area contributed by atoms with E-state index in [1.807, 2.05) is 11.3 Å². The summed E-state index contributed by atoms with van der Waals surface area (Å²) in [6.45, 7) is 0. The molecular weight excluding hydrogens is 541 g/mol. The zero-order valence-corrected chi connectivity index (χ0v) is 24.0. The van der Waals surface area contributed by atoms with Crippen LogP contribution in [0.15, 0.2) is 146 Å². The molecule has 43 heavy (non-hydrogen) atoms. The van der Waals surface area contributed by atoms with Crippen molar-refractivity contribution in [3.05, 3.63) is 146 Å². The highest BCUT2D eigenvalue weighted by molar-refractivity contribution is 7.27. The van der Waals surface area contributed by atoms with Gasteiger partial charge in [-0.3, -0.25) is 0 Å². The van der Waals surface area contributed by atoms with E-state index in [1.165, 1.54) is 85.9 Å². The molecule has 10 rings (SSSR count). The van der Waals surface area contributed by atoms with E-state index in [2.05, 4.69) is 155 Å². The second kappa shape index (κ2) is 8.57. The van der Waals surface area contributed by atoms with E-state index in [4.69, 9.17) is 0 Å². The second-order valence-electron chi connectivity index (χ2n) is 11.3. The molecule has 0 saturated heterocycles. The monoisotopic (exact) mass is 564 g/mol. The van der Waals surface area contributed by atoms with Crippen molar-refractivity contribution in [2.45, 2.75) is 0 Å². The van der Waals surface area contributed by atoms with Crippen LogP contribution in [-0.4, -0.2) is 9.13 Å². The lowest BCUT2D eigenvalue weighted by Crippen LogP contribution is -1.97. The Morgan fingerprint density at radius 1 is 0.349 bits per heavy atom. The predicted molar refractivity (Wildman–Crippen MR) is 186 cm³/mol. The van der Waals surface area contributed by atoms with Crippen molar-refractivity contribution in [2.75, 3.05) is 0 Å². The summed E-state index contributed by atoms with van der Waals surface area (Å²) in [7, 11) is 0. The Morgan fingerprint density at radius 2 is 0.814 bits per heavy atom. The van der Waals surface area contributed by atoms with Crippen LogP contribution >= 0.6 is 11.3 Å². The van der Waals surface area contributed by atoms with Gasteiger partial charge in [-0.25, -0.2) is 0 Å². The number of fused-ring (bicyclic) bond motifs is 13. The van der Waals surface area contributed by atoms with Gasteiger partial charge < -0.3 is 9.13 Å². The molecule has 3 heteroatoms. The molecule has 7 aromatic carbocycles. The Morgan fingerprint density at radius 3 is 1.47 bits per heavy atom. The average molecular weight is 565 g/mol. The van der Waals surface area contributed by atoms with Gasteiger partial charge >= 0.3 is 0 Å². The fourth-order valence-electron chi connectivity index (χ4n) is 7.34. The van der Waals surface area contributed by atoms with Gasteiger partial charge in [-0.1, -0.05) is 97.1 Å². The minimum atomic E-state index is 1.17. The highest BCUT2D eigenvalue weighted by atomic mass is 32.1. The Bertz CT molecular complexity index is 2670. The van der Waals surface area contributed by atoms with Crippen LogP contribution in [0.3, 0.4) is 0 Å². The van der Waals surface area contributed by atoms with Crippen LogP contribution in [0.1, 0.15) is 0 Å². The Balaban J connectivity index is 1.30. The van der Waals surface area contributed by atoms with Gasteiger partial charge in [0.25, 0.3) is 0 Å². The molecule has 0 aliphatic carbocycles. The summed E-state index contributed by atoms with van der Waals surface area (Å²) in [5, 5.41) is 10.5. The van der Waals surface area contributed by atoms with Crippen molar-refractivity contribution < 1.29 is 0 Å². The summed E-state index contributed by atoms with van der Waals surface area (Å²) < 4.78 is 7.57. The number of para-hydroxylation sites is 3. The van der Waals surface area contributed by atoms with E-state index in [9.17, 15) is 0 Å². The summed E-state index contributed by atoms with van der Waals surface area (Å²) in [6, 6.07) is 53.2. The molecule has 3 aromatic heterocycles. The summed E-state index contributed by atoms with van der Waals surface area (Å²) in [4.78, 5) is 0. The van der Waals surface area contributed by atoms with Gasteiger partial charge in [0, 0.05) is 58.5 Å². The van der Waals surface area contributed by atoms with E-state index < -0.39 is 0 Å². The van der Waals surface area contributed by atoms with Gasteiger partial charge in [-0.15, -0.1) is 11.3 Å². The second-order valence-corrected chi connectivity index (χ2v) is 12.4. The fraction of sp³-hybridized carbons (Fsp3) is 0. The zero-order valence-electron chi connectivity index (χ0n) is 23.2. The standard InChI is InChI=1S/C40H24N2S/c1-2-14-30-29(13-1)37-32-16-6-10-20-36(32)43-40(37)38-31-15-5-9-19-35(31)42(39(30)38)26-23-21-25(22-24-26)41-33-17-7-3-11-27(33)28-12-4-8-18-34(28)41/h1-24H. The molecule has 2 nitrogen and oxygen atoms in total. The third-order valence-electron chi connectivity index (χ3n) is 9.09. The quantitative estimate of drug-likeness (QED) is 0.198. The van der Waals surface area contributed by atoms with Gasteiger partial charge in [0.15, 0.2) is 0 Å². The molecule has 0 atom stereocenters. The van der Waals surface area contributed by atoms with Gasteiger partial charge in [0.1, 0.15) is 0 Å². The lowest BCUT2D eigenvalue weighted by molar-refractivity contribution is 1.15. The average Bonchev–Trinajstić information content (AvgIpc) is 3.73. The van der Waals surface area contributed by atoms with Crippen LogP contribution < -0.4 is 0 Å². The largest absolute Gasteiger partial charge is 0.309 e. The number of benzene rings is 7. The lowest BCUT2D eigenvalue weighted by Gasteiger charge is -2.13. The Kier molecular flexibility index (Phi) is 4.63. The first-order chi connectivity index (χ1) is 21.4. The number of aromatic nitrogens is 2. The maximum atomic E-state index is 2.48. The van der Waals surface area contributed by atoms with Crippen LogP contribution in [0.5, 0.6) is 0 Å². The molecular formula is C40H24N2S. The smallest absolute Gasteiger partial charge is 0.0634 e. The highest BCUT2D eigenvalue weighted by Gasteiger charge is 2.21. The molecule has 200 valence electrons. The molecule has 0 aliphatic heterocycles. The predicted octanol–water partition coefficient (Wildman–Crippen LogP) is 11.4. The highest BCUT2D eigenvalue weighted by Crippen LogP contribution is 2.47. The summed E-state index contributed by atoms with van der Waals surface area (Å²) in [5.41, 5.74) is 7.30. The van der Waals surface area contributed by atoms with Crippen molar-refractivity contribution in [3.63, 3.8) is 0 Å². The molecule has 10 aromatic rings. The van der Waals surface area contributed by atoms with Crippen molar-refractivity contribution >= 4 is 85.9 Å². The third kappa shape index (κ3) is 3.07. The van der Waals surface area contributed by atoms with E-state index >= 15 is 0 Å². The Hall–Kier alpha value is -5.38. The minimum Gasteiger partial charge on any atom is -0.309 e. The number of nitrogens with zero attached hydrogens (tertiary/aromatic N) is 2. The number of rotatable bonds is 2. The fourth-order valence-corrected chi connectivity index (χ4v) is 8.62. The minimum absolute atomic E-state index is 1.17. The van der Waals surface area contributed by atoms with E-state index in [0.29, 0.717) is 0 Å². The third-order valence-corrected chi connectivity index (χ3v) is 10.3. The van der Waals surface area contributed by atoms with Gasteiger partial charge in [0.2, 0.25) is 0 Å². The lowest BCUT2D eigenvalue weighted by atomic mass is 10.00. The molecule has 0 unspecified atom stereocenters. The summed E-state index contributed by atoms with van der Waals surface area (Å²) in [6.07, 6.45) is 0. The first-order valence-electron chi connectivity index (χ1n) is 14.7. The van der Waals surface area contributed by atoms with Crippen LogP contribution in [-0.2, 0) is 0 Å². The Labute approximate surface area is 251 Å². The SMILES string of the molecule is c1ccc2c(c1)sc1c2c2ccccc2c2c1c1ccccc1n2-c1ccc(-n2c3ccccc3c3ccccc32)cc1. The van der Waals surface area contributed by atoms with Crippen LogP contribution in [0, 0.1) is 0 Å². The first-order valence-corrected chi connectivity index (χ1v) is 15.5. The maximum absolute atomic E-state index is 2.48. The van der Waals surface area contributed by atoms with Gasteiger partial charge in [0.05, 0.1) is 22.1 Å². The molecule has 3 heterocycles. The summed E-state index contributed by atoms with van der Waals surface area (Å²) >= 11 is 1.92. The van der Waals surface area contributed by atoms with Crippen molar-refractivity contribution in [2.24, 2.45) is 0 Å². The van der Waals surface area contributed by atoms with Crippen LogP contribution in [0.2, 0.25) is 0 Å². The summed E-state index contributed by atoms with van der Waals surface area (Å²) in [5.74, 6) is 0. The normalized spacial score (nSPS) is 12.2. The number of hydrogen-bond acceptors (Lipinski definition) is 1. The maximum Gasteiger partial charge on any atom is 0.0634 e. The topological polar surface area (TPSA) is 9.86 Å². The molecule has 0 N–H and O–H groups in total. The van der Waals surface area contributed by atoms with Crippen molar-refractivity contribution in [1.29, 1.82) is 0 Å². The first kappa shape index (κ1) is 23.2. The van der Waals surface area contributed by atoms with Crippen molar-refractivity contribution in [1.82, 2.24) is 9.13 Å². The molecule has 0 bridgehead atoms. The van der Waals surface area contributed by atoms with E-state index in [-0.39, 0.29) is 0 Å². The van der Waals surface area contributed by atoms with Gasteiger partial charge in [-0.05, 0) is 53.9 Å². The van der Waals surface area contributed by atoms with Crippen LogP contribution in [0.25, 0.3) is 85.9 Å². The molecule has 0 radical (unpaired) electrons. The molecule has 0 saturated carbocycles. The van der Waals surface area contributed by atoms with Gasteiger partial charge in [-0.2, -0.15) is 0 Å². The zero-order chi connectivity index (χ0) is 28.1. The molecule has 0 spiro atoms.